The minimum absolute atomic E-state index is 0.0689. The van der Waals surface area contributed by atoms with Crippen LogP contribution in [0, 0.1) is 0 Å². The average Bonchev–Trinajstić information content (AvgIpc) is 3.20. The predicted molar refractivity (Wildman–Crippen MR) is 85.8 cm³/mol. The zero-order chi connectivity index (χ0) is 15.8. The molecular formula is C17H21N5O. The summed E-state index contributed by atoms with van der Waals surface area (Å²) in [5.41, 5.74) is 0.733. The van der Waals surface area contributed by atoms with Crippen molar-refractivity contribution in [1.29, 1.82) is 0 Å². The first-order valence-corrected chi connectivity index (χ1v) is 8.20. The molecule has 1 fully saturated rings. The maximum absolute atomic E-state index is 12.6. The number of fused-ring (bicyclic) bond motifs is 1. The van der Waals surface area contributed by atoms with Gasteiger partial charge < -0.3 is 9.47 Å². The van der Waals surface area contributed by atoms with E-state index in [-0.39, 0.29) is 5.91 Å². The third kappa shape index (κ3) is 2.53. The number of nitrogens with zero attached hydrogens (tertiary/aromatic N) is 5. The van der Waals surface area contributed by atoms with E-state index in [4.69, 9.17) is 0 Å². The topological polar surface area (TPSA) is 54.3 Å². The molecule has 2 aliphatic heterocycles. The average molecular weight is 311 g/mol. The highest BCUT2D eigenvalue weighted by atomic mass is 16.2. The van der Waals surface area contributed by atoms with Gasteiger partial charge in [0.05, 0.1) is 12.6 Å². The van der Waals surface area contributed by atoms with E-state index in [1.54, 1.807) is 0 Å². The lowest BCUT2D eigenvalue weighted by molar-refractivity contribution is 0.0705. The minimum atomic E-state index is 0.0689. The summed E-state index contributed by atoms with van der Waals surface area (Å²) in [5.74, 6) is 2.03. The van der Waals surface area contributed by atoms with Crippen molar-refractivity contribution in [2.75, 3.05) is 20.1 Å². The second-order valence-electron chi connectivity index (χ2n) is 6.36. The van der Waals surface area contributed by atoms with Gasteiger partial charge in [0, 0.05) is 18.7 Å². The first-order valence-electron chi connectivity index (χ1n) is 8.20. The number of likely N-dealkylation sites (tertiary alicyclic amines) is 1. The van der Waals surface area contributed by atoms with Crippen LogP contribution in [0.1, 0.15) is 40.9 Å². The number of amides is 1. The van der Waals surface area contributed by atoms with Crippen LogP contribution >= 0.6 is 0 Å². The second kappa shape index (κ2) is 5.77. The SMILES string of the molecule is CN1CCC[C@H]1c1nnc2n1CCN(C(=O)c1ccccc1)C2. The fraction of sp³-hybridized carbons (Fsp3) is 0.471. The van der Waals surface area contributed by atoms with E-state index in [9.17, 15) is 4.79 Å². The van der Waals surface area contributed by atoms with Gasteiger partial charge in [-0.25, -0.2) is 0 Å². The van der Waals surface area contributed by atoms with Gasteiger partial charge in [0.15, 0.2) is 11.6 Å². The molecule has 1 aromatic heterocycles. The number of benzene rings is 1. The van der Waals surface area contributed by atoms with Gasteiger partial charge in [-0.1, -0.05) is 18.2 Å². The van der Waals surface area contributed by atoms with Gasteiger partial charge in [-0.2, -0.15) is 0 Å². The van der Waals surface area contributed by atoms with Crippen LogP contribution in [0.2, 0.25) is 0 Å². The van der Waals surface area contributed by atoms with Crippen LogP contribution in [0.3, 0.4) is 0 Å². The third-order valence-electron chi connectivity index (χ3n) is 4.91. The Bertz CT molecular complexity index is 711. The molecule has 0 bridgehead atoms. The van der Waals surface area contributed by atoms with E-state index in [0.29, 0.717) is 19.1 Å². The van der Waals surface area contributed by atoms with Crippen LogP contribution in [0.15, 0.2) is 30.3 Å². The smallest absolute Gasteiger partial charge is 0.254 e. The van der Waals surface area contributed by atoms with Crippen LogP contribution in [-0.4, -0.2) is 50.6 Å². The highest BCUT2D eigenvalue weighted by Gasteiger charge is 2.31. The minimum Gasteiger partial charge on any atom is -0.329 e. The summed E-state index contributed by atoms with van der Waals surface area (Å²) in [6.07, 6.45) is 2.35. The summed E-state index contributed by atoms with van der Waals surface area (Å²) in [7, 11) is 2.15. The van der Waals surface area contributed by atoms with Crippen molar-refractivity contribution < 1.29 is 4.79 Å². The zero-order valence-electron chi connectivity index (χ0n) is 13.4. The van der Waals surface area contributed by atoms with Gasteiger partial charge in [0.2, 0.25) is 0 Å². The molecule has 2 aromatic rings. The Hall–Kier alpha value is -2.21. The van der Waals surface area contributed by atoms with Crippen molar-refractivity contribution in [3.63, 3.8) is 0 Å². The molecule has 0 N–H and O–H groups in total. The van der Waals surface area contributed by atoms with E-state index in [1.165, 1.54) is 6.42 Å². The first kappa shape index (κ1) is 14.4. The zero-order valence-corrected chi connectivity index (χ0v) is 13.4. The molecule has 6 heteroatoms. The lowest BCUT2D eigenvalue weighted by Gasteiger charge is -2.29. The molecule has 0 aliphatic carbocycles. The first-order chi connectivity index (χ1) is 11.2. The van der Waals surface area contributed by atoms with E-state index in [2.05, 4.69) is 26.7 Å². The van der Waals surface area contributed by atoms with Crippen LogP contribution in [0.25, 0.3) is 0 Å². The molecule has 0 saturated carbocycles. The molecule has 2 aliphatic rings. The molecule has 120 valence electrons. The monoisotopic (exact) mass is 311 g/mol. The number of hydrogen-bond donors (Lipinski definition) is 0. The number of carbonyl (C=O) groups excluding carboxylic acids is 1. The molecule has 0 unspecified atom stereocenters. The Kier molecular flexibility index (Phi) is 3.61. The van der Waals surface area contributed by atoms with E-state index >= 15 is 0 Å². The van der Waals surface area contributed by atoms with Gasteiger partial charge in [-0.05, 0) is 38.6 Å². The van der Waals surface area contributed by atoms with Crippen LogP contribution in [0.5, 0.6) is 0 Å². The Balaban J connectivity index is 1.55. The second-order valence-corrected chi connectivity index (χ2v) is 6.36. The number of rotatable bonds is 2. The molecule has 4 rings (SSSR count). The number of carbonyl (C=O) groups is 1. The van der Waals surface area contributed by atoms with Crippen molar-refractivity contribution in [2.45, 2.75) is 32.0 Å². The van der Waals surface area contributed by atoms with Crippen molar-refractivity contribution in [1.82, 2.24) is 24.6 Å². The quantitative estimate of drug-likeness (QED) is 0.847. The fourth-order valence-corrected chi connectivity index (χ4v) is 3.60. The van der Waals surface area contributed by atoms with Gasteiger partial charge >= 0.3 is 0 Å². The summed E-state index contributed by atoms with van der Waals surface area (Å²) in [4.78, 5) is 16.8. The van der Waals surface area contributed by atoms with Gasteiger partial charge in [-0.3, -0.25) is 9.69 Å². The van der Waals surface area contributed by atoms with Crippen molar-refractivity contribution in [2.24, 2.45) is 0 Å². The van der Waals surface area contributed by atoms with E-state index in [0.717, 1.165) is 36.7 Å². The summed E-state index contributed by atoms with van der Waals surface area (Å²) >= 11 is 0. The summed E-state index contributed by atoms with van der Waals surface area (Å²) < 4.78 is 2.21. The molecule has 0 radical (unpaired) electrons. The maximum atomic E-state index is 12.6. The molecule has 23 heavy (non-hydrogen) atoms. The fourth-order valence-electron chi connectivity index (χ4n) is 3.60. The Morgan fingerprint density at radius 3 is 2.70 bits per heavy atom. The summed E-state index contributed by atoms with van der Waals surface area (Å²) in [6, 6.07) is 9.81. The van der Waals surface area contributed by atoms with Crippen molar-refractivity contribution in [3.05, 3.63) is 47.5 Å². The highest BCUT2D eigenvalue weighted by Crippen LogP contribution is 2.30. The lowest BCUT2D eigenvalue weighted by atomic mass is 10.1. The van der Waals surface area contributed by atoms with Crippen LogP contribution in [-0.2, 0) is 13.1 Å². The van der Waals surface area contributed by atoms with Crippen molar-refractivity contribution >= 4 is 5.91 Å². The molecule has 1 atom stereocenters. The highest BCUT2D eigenvalue weighted by molar-refractivity contribution is 5.94. The Labute approximate surface area is 135 Å². The summed E-state index contributed by atoms with van der Waals surface area (Å²) in [6.45, 7) is 3.14. The largest absolute Gasteiger partial charge is 0.329 e. The maximum Gasteiger partial charge on any atom is 0.254 e. The van der Waals surface area contributed by atoms with Gasteiger partial charge in [-0.15, -0.1) is 10.2 Å². The molecule has 3 heterocycles. The third-order valence-corrected chi connectivity index (χ3v) is 4.91. The van der Waals surface area contributed by atoms with Gasteiger partial charge in [0.25, 0.3) is 5.91 Å². The number of hydrogen-bond acceptors (Lipinski definition) is 4. The Morgan fingerprint density at radius 1 is 1.13 bits per heavy atom. The molecule has 1 amide bonds. The van der Waals surface area contributed by atoms with E-state index < -0.39 is 0 Å². The molecule has 6 nitrogen and oxygen atoms in total. The van der Waals surface area contributed by atoms with Crippen LogP contribution < -0.4 is 0 Å². The van der Waals surface area contributed by atoms with Crippen molar-refractivity contribution in [3.8, 4) is 0 Å². The van der Waals surface area contributed by atoms with Gasteiger partial charge in [0.1, 0.15) is 0 Å². The molecule has 0 spiro atoms. The molecular weight excluding hydrogens is 290 g/mol. The molecule has 1 aromatic carbocycles. The van der Waals surface area contributed by atoms with Crippen LogP contribution in [0.4, 0.5) is 0 Å². The Morgan fingerprint density at radius 2 is 1.96 bits per heavy atom. The summed E-state index contributed by atoms with van der Waals surface area (Å²) in [5, 5.41) is 8.78. The standard InChI is InChI=1S/C17H21N5O/c1-20-9-5-8-14(20)16-19-18-15-12-21(10-11-22(15)16)17(23)13-6-3-2-4-7-13/h2-4,6-7,14H,5,8-12H2,1H3/t14-/m0/s1. The predicted octanol–water partition coefficient (Wildman–Crippen LogP) is 1.70. The van der Waals surface area contributed by atoms with E-state index in [1.807, 2.05) is 35.2 Å². The molecule has 1 saturated heterocycles. The lowest BCUT2D eigenvalue weighted by Crippen LogP contribution is -2.39. The normalized spacial score (nSPS) is 21.4. The number of aromatic nitrogens is 3.